The Labute approximate surface area is 122 Å². The molecule has 0 aliphatic carbocycles. The van der Waals surface area contributed by atoms with Crippen molar-refractivity contribution in [3.8, 4) is 11.8 Å². The minimum absolute atomic E-state index is 0.568. The van der Waals surface area contributed by atoms with Gasteiger partial charge < -0.3 is 9.72 Å². The highest BCUT2D eigenvalue weighted by Gasteiger charge is 2.09. The van der Waals surface area contributed by atoms with Gasteiger partial charge in [0.1, 0.15) is 5.75 Å². The molecule has 4 nitrogen and oxygen atoms in total. The summed E-state index contributed by atoms with van der Waals surface area (Å²) < 4.78 is 5.29. The SMILES string of the molecule is COc1ccncc1/C=C(\C#N)c1c[nH]c2ccccc12. The van der Waals surface area contributed by atoms with Crippen LogP contribution in [-0.2, 0) is 0 Å². The van der Waals surface area contributed by atoms with Crippen molar-refractivity contribution in [2.75, 3.05) is 7.11 Å². The third-order valence-corrected chi connectivity index (χ3v) is 3.33. The largest absolute Gasteiger partial charge is 0.496 e. The molecule has 0 amide bonds. The van der Waals surface area contributed by atoms with Crippen LogP contribution in [0.2, 0.25) is 0 Å². The fraction of sp³-hybridized carbons (Fsp3) is 0.0588. The van der Waals surface area contributed by atoms with Gasteiger partial charge in [0.05, 0.1) is 18.8 Å². The first-order valence-corrected chi connectivity index (χ1v) is 6.50. The lowest BCUT2D eigenvalue weighted by atomic mass is 10.0. The Kier molecular flexibility index (Phi) is 3.40. The second kappa shape index (κ2) is 5.51. The number of ether oxygens (including phenoxy) is 1. The molecule has 0 saturated heterocycles. The summed E-state index contributed by atoms with van der Waals surface area (Å²) in [4.78, 5) is 7.26. The first-order valence-electron chi connectivity index (χ1n) is 6.50. The van der Waals surface area contributed by atoms with Crippen molar-refractivity contribution < 1.29 is 4.74 Å². The molecule has 102 valence electrons. The fourth-order valence-electron chi connectivity index (χ4n) is 2.31. The lowest BCUT2D eigenvalue weighted by molar-refractivity contribution is 0.413. The Morgan fingerprint density at radius 2 is 2.19 bits per heavy atom. The highest BCUT2D eigenvalue weighted by molar-refractivity contribution is 6.01. The van der Waals surface area contributed by atoms with Gasteiger partial charge in [0, 0.05) is 40.6 Å². The molecule has 0 radical (unpaired) electrons. The zero-order valence-electron chi connectivity index (χ0n) is 11.5. The summed E-state index contributed by atoms with van der Waals surface area (Å²) in [5, 5.41) is 10.5. The molecule has 3 aromatic rings. The van der Waals surface area contributed by atoms with Crippen molar-refractivity contribution in [3.05, 3.63) is 60.0 Å². The van der Waals surface area contributed by atoms with Gasteiger partial charge in [0.15, 0.2) is 0 Å². The predicted molar refractivity (Wildman–Crippen MR) is 82.6 cm³/mol. The topological polar surface area (TPSA) is 61.7 Å². The minimum Gasteiger partial charge on any atom is -0.496 e. The van der Waals surface area contributed by atoms with Crippen molar-refractivity contribution in [2.45, 2.75) is 0 Å². The maximum absolute atomic E-state index is 9.49. The van der Waals surface area contributed by atoms with Crippen LogP contribution < -0.4 is 4.74 Å². The van der Waals surface area contributed by atoms with Crippen LogP contribution in [0.4, 0.5) is 0 Å². The van der Waals surface area contributed by atoms with E-state index in [-0.39, 0.29) is 0 Å². The van der Waals surface area contributed by atoms with E-state index in [1.54, 1.807) is 31.6 Å². The number of rotatable bonds is 3. The van der Waals surface area contributed by atoms with Gasteiger partial charge in [-0.15, -0.1) is 0 Å². The number of hydrogen-bond acceptors (Lipinski definition) is 3. The van der Waals surface area contributed by atoms with E-state index in [1.165, 1.54) is 0 Å². The van der Waals surface area contributed by atoms with Crippen molar-refractivity contribution in [1.82, 2.24) is 9.97 Å². The van der Waals surface area contributed by atoms with Crippen LogP contribution in [0.3, 0.4) is 0 Å². The third-order valence-electron chi connectivity index (χ3n) is 3.33. The van der Waals surface area contributed by atoms with Crippen LogP contribution in [0.1, 0.15) is 11.1 Å². The summed E-state index contributed by atoms with van der Waals surface area (Å²) in [6.07, 6.45) is 6.99. The number of aromatic amines is 1. The molecular weight excluding hydrogens is 262 g/mol. The molecule has 0 spiro atoms. The number of nitrogens with zero attached hydrogens (tertiary/aromatic N) is 2. The van der Waals surface area contributed by atoms with Gasteiger partial charge in [-0.2, -0.15) is 5.26 Å². The quantitative estimate of drug-likeness (QED) is 0.742. The summed E-state index contributed by atoms with van der Waals surface area (Å²) in [6, 6.07) is 11.9. The maximum atomic E-state index is 9.49. The molecule has 2 heterocycles. The zero-order valence-corrected chi connectivity index (χ0v) is 11.5. The number of fused-ring (bicyclic) bond motifs is 1. The lowest BCUT2D eigenvalue weighted by Gasteiger charge is -2.04. The van der Waals surface area contributed by atoms with Crippen molar-refractivity contribution in [1.29, 1.82) is 5.26 Å². The number of nitrogens with one attached hydrogen (secondary N) is 1. The van der Waals surface area contributed by atoms with E-state index in [0.717, 1.165) is 22.0 Å². The average molecular weight is 275 g/mol. The second-order valence-electron chi connectivity index (χ2n) is 4.54. The van der Waals surface area contributed by atoms with E-state index in [9.17, 15) is 5.26 Å². The van der Waals surface area contributed by atoms with Gasteiger partial charge >= 0.3 is 0 Å². The molecular formula is C17H13N3O. The van der Waals surface area contributed by atoms with Gasteiger partial charge in [0.2, 0.25) is 0 Å². The zero-order chi connectivity index (χ0) is 14.7. The number of allylic oxidation sites excluding steroid dienone is 1. The number of hydrogen-bond donors (Lipinski definition) is 1. The molecule has 1 aromatic carbocycles. The lowest BCUT2D eigenvalue weighted by Crippen LogP contribution is -1.88. The smallest absolute Gasteiger partial charge is 0.129 e. The highest BCUT2D eigenvalue weighted by Crippen LogP contribution is 2.28. The van der Waals surface area contributed by atoms with Crippen LogP contribution in [0.15, 0.2) is 48.9 Å². The normalized spacial score (nSPS) is 11.3. The monoisotopic (exact) mass is 275 g/mol. The number of aromatic nitrogens is 2. The van der Waals surface area contributed by atoms with Crippen molar-refractivity contribution in [3.63, 3.8) is 0 Å². The minimum atomic E-state index is 0.568. The highest BCUT2D eigenvalue weighted by atomic mass is 16.5. The average Bonchev–Trinajstić information content (AvgIpc) is 2.97. The van der Waals surface area contributed by atoms with Crippen LogP contribution in [0, 0.1) is 11.3 Å². The van der Waals surface area contributed by atoms with Crippen LogP contribution in [-0.4, -0.2) is 17.1 Å². The van der Waals surface area contributed by atoms with E-state index in [1.807, 2.05) is 30.5 Å². The summed E-state index contributed by atoms with van der Waals surface area (Å²) >= 11 is 0. The van der Waals surface area contributed by atoms with E-state index in [0.29, 0.717) is 11.3 Å². The molecule has 0 atom stereocenters. The number of para-hydroxylation sites is 1. The summed E-state index contributed by atoms with van der Waals surface area (Å²) in [5.41, 5.74) is 3.23. The number of methoxy groups -OCH3 is 1. The van der Waals surface area contributed by atoms with Gasteiger partial charge in [-0.1, -0.05) is 18.2 Å². The number of pyridine rings is 1. The molecule has 4 heteroatoms. The van der Waals surface area contributed by atoms with E-state index in [2.05, 4.69) is 16.0 Å². The van der Waals surface area contributed by atoms with Crippen molar-refractivity contribution >= 4 is 22.6 Å². The Morgan fingerprint density at radius 3 is 3.00 bits per heavy atom. The van der Waals surface area contributed by atoms with Gasteiger partial charge in [-0.3, -0.25) is 4.98 Å². The number of benzene rings is 1. The van der Waals surface area contributed by atoms with E-state index >= 15 is 0 Å². The second-order valence-corrected chi connectivity index (χ2v) is 4.54. The van der Waals surface area contributed by atoms with Crippen LogP contribution in [0.5, 0.6) is 5.75 Å². The molecule has 0 unspecified atom stereocenters. The van der Waals surface area contributed by atoms with Crippen LogP contribution >= 0.6 is 0 Å². The maximum Gasteiger partial charge on any atom is 0.129 e. The molecule has 21 heavy (non-hydrogen) atoms. The first kappa shape index (κ1) is 12.9. The predicted octanol–water partition coefficient (Wildman–Crippen LogP) is 3.64. The third kappa shape index (κ3) is 2.37. The van der Waals surface area contributed by atoms with Gasteiger partial charge in [-0.25, -0.2) is 0 Å². The van der Waals surface area contributed by atoms with Gasteiger partial charge in [-0.05, 0) is 18.2 Å². The molecule has 0 fully saturated rings. The summed E-state index contributed by atoms with van der Waals surface area (Å²) in [6.45, 7) is 0. The molecule has 0 saturated carbocycles. The molecule has 0 aliphatic rings. The van der Waals surface area contributed by atoms with Gasteiger partial charge in [0.25, 0.3) is 0 Å². The number of nitriles is 1. The molecule has 1 N–H and O–H groups in total. The van der Waals surface area contributed by atoms with Crippen molar-refractivity contribution in [2.24, 2.45) is 0 Å². The van der Waals surface area contributed by atoms with E-state index in [4.69, 9.17) is 4.74 Å². The summed E-state index contributed by atoms with van der Waals surface area (Å²) in [7, 11) is 1.60. The molecule has 0 bridgehead atoms. The Morgan fingerprint density at radius 1 is 1.33 bits per heavy atom. The molecule has 2 aromatic heterocycles. The first-order chi connectivity index (χ1) is 10.3. The van der Waals surface area contributed by atoms with E-state index < -0.39 is 0 Å². The molecule has 0 aliphatic heterocycles. The summed E-state index contributed by atoms with van der Waals surface area (Å²) in [5.74, 6) is 0.692. The Balaban J connectivity index is 2.14. The fourth-order valence-corrected chi connectivity index (χ4v) is 2.31. The Bertz CT molecular complexity index is 856. The standard InChI is InChI=1S/C17H13N3O/c1-21-17-6-7-19-10-13(17)8-12(9-18)15-11-20-16-5-3-2-4-14(15)16/h2-8,10-11,20H,1H3/b12-8+. The van der Waals surface area contributed by atoms with Crippen LogP contribution in [0.25, 0.3) is 22.6 Å². The molecule has 3 rings (SSSR count). The Hall–Kier alpha value is -3.06. The number of H-pyrrole nitrogens is 1.